The van der Waals surface area contributed by atoms with Crippen LogP contribution < -0.4 is 0 Å². The lowest BCUT2D eigenvalue weighted by Crippen LogP contribution is -2.50. The van der Waals surface area contributed by atoms with Gasteiger partial charge in [-0.05, 0) is 6.92 Å². The van der Waals surface area contributed by atoms with Crippen molar-refractivity contribution < 1.29 is 14.6 Å². The highest BCUT2D eigenvalue weighted by Gasteiger charge is 2.28. The van der Waals surface area contributed by atoms with Crippen LogP contribution in [0.4, 0.5) is 0 Å². The first-order valence-corrected chi connectivity index (χ1v) is 7.49. The molecule has 6 nitrogen and oxygen atoms in total. The molecule has 3 rings (SSSR count). The summed E-state index contributed by atoms with van der Waals surface area (Å²) in [6, 6.07) is 0. The number of hydrogen-bond donors (Lipinski definition) is 1. The maximum absolute atomic E-state index is 12.3. The number of fused-ring (bicyclic) bond motifs is 1. The topological polar surface area (TPSA) is 67.1 Å². The molecule has 7 heteroatoms. The van der Waals surface area contributed by atoms with Crippen molar-refractivity contribution in [1.82, 2.24) is 14.3 Å². The van der Waals surface area contributed by atoms with E-state index in [0.717, 1.165) is 10.7 Å². The molecule has 0 bridgehead atoms. The van der Waals surface area contributed by atoms with Crippen LogP contribution in [0.1, 0.15) is 12.6 Å². The number of aliphatic hydroxyl groups is 1. The number of aromatic nitrogens is 2. The molecular formula is C13H17N3O3S. The van der Waals surface area contributed by atoms with Crippen molar-refractivity contribution in [1.29, 1.82) is 0 Å². The molecule has 1 aliphatic rings. The maximum atomic E-state index is 12.3. The van der Waals surface area contributed by atoms with Crippen LogP contribution in [-0.4, -0.2) is 57.2 Å². The number of hydrogen-bond acceptors (Lipinski definition) is 5. The van der Waals surface area contributed by atoms with E-state index in [1.54, 1.807) is 16.2 Å². The Labute approximate surface area is 120 Å². The molecule has 1 saturated heterocycles. The summed E-state index contributed by atoms with van der Waals surface area (Å²) < 4.78 is 7.46. The Bertz CT molecular complexity index is 580. The highest BCUT2D eigenvalue weighted by Crippen LogP contribution is 2.15. The van der Waals surface area contributed by atoms with Gasteiger partial charge in [-0.15, -0.1) is 11.3 Å². The van der Waals surface area contributed by atoms with E-state index >= 15 is 0 Å². The van der Waals surface area contributed by atoms with E-state index in [4.69, 9.17) is 4.74 Å². The van der Waals surface area contributed by atoms with Crippen LogP contribution in [-0.2, 0) is 16.0 Å². The molecule has 1 fully saturated rings. The molecule has 0 spiro atoms. The van der Waals surface area contributed by atoms with E-state index in [2.05, 4.69) is 4.98 Å². The van der Waals surface area contributed by atoms with E-state index in [9.17, 15) is 9.90 Å². The number of nitrogens with zero attached hydrogens (tertiary/aromatic N) is 3. The normalized spacial score (nSPS) is 23.4. The summed E-state index contributed by atoms with van der Waals surface area (Å²) in [6.07, 6.45) is 3.78. The zero-order valence-electron chi connectivity index (χ0n) is 11.2. The molecule has 2 unspecified atom stereocenters. The molecule has 0 aliphatic carbocycles. The predicted octanol–water partition coefficient (Wildman–Crippen LogP) is 0.546. The number of thiazole rings is 1. The molecule has 1 aliphatic heterocycles. The lowest BCUT2D eigenvalue weighted by Gasteiger charge is -2.36. The predicted molar refractivity (Wildman–Crippen MR) is 74.8 cm³/mol. The van der Waals surface area contributed by atoms with Crippen LogP contribution in [0.5, 0.6) is 0 Å². The number of carbonyl (C=O) groups excluding carboxylic acids is 1. The quantitative estimate of drug-likeness (QED) is 0.898. The van der Waals surface area contributed by atoms with Gasteiger partial charge < -0.3 is 14.7 Å². The summed E-state index contributed by atoms with van der Waals surface area (Å²) in [5, 5.41) is 11.2. The zero-order valence-corrected chi connectivity index (χ0v) is 12.0. The van der Waals surface area contributed by atoms with Crippen LogP contribution in [0.2, 0.25) is 0 Å². The summed E-state index contributed by atoms with van der Waals surface area (Å²) in [5.41, 5.74) is 0.779. The summed E-state index contributed by atoms with van der Waals surface area (Å²) in [5.74, 6) is 0.0318. The average Bonchev–Trinajstić information content (AvgIpc) is 2.98. The number of amides is 1. The fourth-order valence-electron chi connectivity index (χ4n) is 2.48. The third-order valence-corrected chi connectivity index (χ3v) is 4.13. The Hall–Kier alpha value is -1.44. The molecule has 3 heterocycles. The standard InChI is InChI=1S/C13H17N3O3S/c1-9-5-16(7-11(8-17)19-9)12(18)4-10-6-15-2-3-20-13(15)14-10/h2-3,6,9,11,17H,4-5,7-8H2,1H3. The fourth-order valence-corrected chi connectivity index (χ4v) is 3.20. The Morgan fingerprint density at radius 2 is 2.45 bits per heavy atom. The largest absolute Gasteiger partial charge is 0.394 e. The first-order chi connectivity index (χ1) is 9.65. The number of ether oxygens (including phenoxy) is 1. The van der Waals surface area contributed by atoms with Crippen molar-refractivity contribution in [2.24, 2.45) is 0 Å². The van der Waals surface area contributed by atoms with Crippen molar-refractivity contribution >= 4 is 22.2 Å². The minimum Gasteiger partial charge on any atom is -0.394 e. The van der Waals surface area contributed by atoms with E-state index in [-0.39, 0.29) is 24.7 Å². The van der Waals surface area contributed by atoms with Crippen molar-refractivity contribution in [3.05, 3.63) is 23.5 Å². The number of carbonyl (C=O) groups is 1. The summed E-state index contributed by atoms with van der Waals surface area (Å²) in [4.78, 5) is 19.4. The molecule has 2 aromatic heterocycles. The van der Waals surface area contributed by atoms with Crippen molar-refractivity contribution in [2.45, 2.75) is 25.6 Å². The molecule has 20 heavy (non-hydrogen) atoms. The Balaban J connectivity index is 1.67. The second-order valence-corrected chi connectivity index (χ2v) is 5.92. The molecule has 0 saturated carbocycles. The smallest absolute Gasteiger partial charge is 0.228 e. The Morgan fingerprint density at radius 1 is 1.60 bits per heavy atom. The van der Waals surface area contributed by atoms with E-state index in [0.29, 0.717) is 19.5 Å². The van der Waals surface area contributed by atoms with Gasteiger partial charge in [0, 0.05) is 30.9 Å². The van der Waals surface area contributed by atoms with Crippen LogP contribution in [0.15, 0.2) is 17.8 Å². The van der Waals surface area contributed by atoms with Crippen molar-refractivity contribution in [3.63, 3.8) is 0 Å². The van der Waals surface area contributed by atoms with Gasteiger partial charge in [0.05, 0.1) is 30.9 Å². The SMILES string of the molecule is CC1CN(C(=O)Cc2cn3ccsc3n2)CC(CO)O1. The van der Waals surface area contributed by atoms with Crippen LogP contribution >= 0.6 is 11.3 Å². The molecule has 2 atom stereocenters. The van der Waals surface area contributed by atoms with Gasteiger partial charge in [-0.25, -0.2) is 4.98 Å². The molecule has 1 N–H and O–H groups in total. The maximum Gasteiger partial charge on any atom is 0.228 e. The highest BCUT2D eigenvalue weighted by atomic mass is 32.1. The van der Waals surface area contributed by atoms with Gasteiger partial charge in [-0.3, -0.25) is 9.20 Å². The lowest BCUT2D eigenvalue weighted by atomic mass is 10.2. The fraction of sp³-hybridized carbons (Fsp3) is 0.538. The van der Waals surface area contributed by atoms with Gasteiger partial charge in [0.1, 0.15) is 0 Å². The Morgan fingerprint density at radius 3 is 3.20 bits per heavy atom. The van der Waals surface area contributed by atoms with Crippen molar-refractivity contribution in [3.8, 4) is 0 Å². The van der Waals surface area contributed by atoms with Crippen LogP contribution in [0, 0.1) is 0 Å². The summed E-state index contributed by atoms with van der Waals surface area (Å²) >= 11 is 1.55. The molecular weight excluding hydrogens is 278 g/mol. The van der Waals surface area contributed by atoms with E-state index in [1.165, 1.54) is 0 Å². The van der Waals surface area contributed by atoms with E-state index in [1.807, 2.05) is 29.1 Å². The summed E-state index contributed by atoms with van der Waals surface area (Å²) in [7, 11) is 0. The molecule has 0 radical (unpaired) electrons. The molecule has 108 valence electrons. The minimum absolute atomic E-state index is 0.0318. The number of aliphatic hydroxyl groups excluding tert-OH is 1. The highest BCUT2D eigenvalue weighted by molar-refractivity contribution is 7.15. The lowest BCUT2D eigenvalue weighted by molar-refractivity contribution is -0.146. The number of imidazole rings is 1. The van der Waals surface area contributed by atoms with Gasteiger partial charge in [0.25, 0.3) is 0 Å². The third-order valence-electron chi connectivity index (χ3n) is 3.36. The molecule has 0 aromatic carbocycles. The van der Waals surface area contributed by atoms with Crippen molar-refractivity contribution in [2.75, 3.05) is 19.7 Å². The second kappa shape index (κ2) is 5.51. The zero-order chi connectivity index (χ0) is 14.1. The summed E-state index contributed by atoms with van der Waals surface area (Å²) in [6.45, 7) is 2.86. The van der Waals surface area contributed by atoms with Gasteiger partial charge in [0.2, 0.25) is 5.91 Å². The van der Waals surface area contributed by atoms with Gasteiger partial charge in [-0.2, -0.15) is 0 Å². The second-order valence-electron chi connectivity index (χ2n) is 5.05. The van der Waals surface area contributed by atoms with E-state index < -0.39 is 0 Å². The first-order valence-electron chi connectivity index (χ1n) is 6.61. The minimum atomic E-state index is -0.284. The monoisotopic (exact) mass is 295 g/mol. The Kier molecular flexibility index (Phi) is 3.73. The van der Waals surface area contributed by atoms with Gasteiger partial charge in [-0.1, -0.05) is 0 Å². The van der Waals surface area contributed by atoms with Crippen LogP contribution in [0.3, 0.4) is 0 Å². The number of rotatable bonds is 3. The molecule has 1 amide bonds. The number of morpholine rings is 1. The van der Waals surface area contributed by atoms with Crippen LogP contribution in [0.25, 0.3) is 4.96 Å². The molecule has 2 aromatic rings. The average molecular weight is 295 g/mol. The third kappa shape index (κ3) is 2.70. The van der Waals surface area contributed by atoms with Gasteiger partial charge in [0.15, 0.2) is 4.96 Å². The van der Waals surface area contributed by atoms with Gasteiger partial charge >= 0.3 is 0 Å². The first kappa shape index (κ1) is 13.5.